The average Bonchev–Trinajstić information content (AvgIpc) is 3.17. The van der Waals surface area contributed by atoms with E-state index in [0.717, 1.165) is 12.0 Å². The highest BCUT2D eigenvalue weighted by atomic mass is 16.7. The Morgan fingerprint density at radius 2 is 1.94 bits per heavy atom. The Morgan fingerprint density at radius 3 is 2.64 bits per heavy atom. The molecule has 36 heavy (non-hydrogen) atoms. The number of carbonyl (C=O) groups is 2. The van der Waals surface area contributed by atoms with E-state index >= 15 is 0 Å². The molecule has 1 aliphatic rings. The fraction of sp³-hybridized carbons (Fsp3) is 0.231. The van der Waals surface area contributed by atoms with Gasteiger partial charge in [-0.1, -0.05) is 25.1 Å². The SMILES string of the molecule is CCCN(OCc1ccc(N)cc1)C(=O)C1=Cc2ccc(C(=O)Nc3cncn3C)cc2N=C(N)C1. The third-order valence-electron chi connectivity index (χ3n) is 5.61. The van der Waals surface area contributed by atoms with Crippen molar-refractivity contribution in [2.75, 3.05) is 17.6 Å². The van der Waals surface area contributed by atoms with Crippen LogP contribution in [0.5, 0.6) is 0 Å². The lowest BCUT2D eigenvalue weighted by Gasteiger charge is -2.22. The van der Waals surface area contributed by atoms with Crippen LogP contribution in [-0.2, 0) is 23.3 Å². The van der Waals surface area contributed by atoms with Crippen molar-refractivity contribution < 1.29 is 14.4 Å². The van der Waals surface area contributed by atoms with Crippen molar-refractivity contribution in [2.24, 2.45) is 17.8 Å². The molecule has 0 saturated heterocycles. The van der Waals surface area contributed by atoms with Crippen molar-refractivity contribution in [3.8, 4) is 0 Å². The summed E-state index contributed by atoms with van der Waals surface area (Å²) in [6.45, 7) is 2.62. The molecule has 0 spiro atoms. The molecule has 5 N–H and O–H groups in total. The number of rotatable bonds is 8. The Hall–Kier alpha value is -4.44. The number of nitrogen functional groups attached to an aromatic ring is 1. The van der Waals surface area contributed by atoms with Gasteiger partial charge in [-0.2, -0.15) is 0 Å². The van der Waals surface area contributed by atoms with Gasteiger partial charge in [-0.3, -0.25) is 14.4 Å². The van der Waals surface area contributed by atoms with Crippen LogP contribution in [0.3, 0.4) is 0 Å². The van der Waals surface area contributed by atoms with Crippen LogP contribution >= 0.6 is 0 Å². The molecule has 3 aromatic rings. The molecule has 1 aliphatic heterocycles. The lowest BCUT2D eigenvalue weighted by atomic mass is 10.0. The highest BCUT2D eigenvalue weighted by Crippen LogP contribution is 2.29. The first-order valence-corrected chi connectivity index (χ1v) is 11.6. The van der Waals surface area contributed by atoms with Gasteiger partial charge in [0.05, 0.1) is 18.2 Å². The number of amides is 2. The highest BCUT2D eigenvalue weighted by Gasteiger charge is 2.23. The quantitative estimate of drug-likeness (QED) is 0.328. The van der Waals surface area contributed by atoms with Gasteiger partial charge in [-0.15, -0.1) is 0 Å². The zero-order chi connectivity index (χ0) is 25.7. The van der Waals surface area contributed by atoms with Crippen molar-refractivity contribution in [2.45, 2.75) is 26.4 Å². The van der Waals surface area contributed by atoms with Crippen molar-refractivity contribution in [3.05, 3.63) is 77.3 Å². The van der Waals surface area contributed by atoms with Crippen molar-refractivity contribution in [1.29, 1.82) is 0 Å². The number of aryl methyl sites for hydroxylation is 1. The minimum absolute atomic E-state index is 0.162. The van der Waals surface area contributed by atoms with Gasteiger partial charge in [-0.25, -0.2) is 15.0 Å². The number of benzene rings is 2. The molecule has 0 fully saturated rings. The molecular weight excluding hydrogens is 458 g/mol. The second kappa shape index (κ2) is 10.9. The molecule has 2 amide bonds. The molecule has 0 aliphatic carbocycles. The van der Waals surface area contributed by atoms with Gasteiger partial charge in [-0.05, 0) is 42.3 Å². The maximum Gasteiger partial charge on any atom is 0.273 e. The fourth-order valence-corrected chi connectivity index (χ4v) is 3.69. The number of hydrogen-bond acceptors (Lipinski definition) is 7. The summed E-state index contributed by atoms with van der Waals surface area (Å²) < 4.78 is 1.70. The molecule has 0 atom stereocenters. The number of nitrogens with one attached hydrogen (secondary N) is 1. The van der Waals surface area contributed by atoms with Gasteiger partial charge in [0.15, 0.2) is 0 Å². The van der Waals surface area contributed by atoms with Crippen LogP contribution in [0, 0.1) is 0 Å². The zero-order valence-corrected chi connectivity index (χ0v) is 20.3. The first-order valence-electron chi connectivity index (χ1n) is 11.6. The number of nitrogens with zero attached hydrogens (tertiary/aromatic N) is 4. The van der Waals surface area contributed by atoms with Gasteiger partial charge in [0.1, 0.15) is 18.3 Å². The van der Waals surface area contributed by atoms with E-state index in [1.807, 2.05) is 19.1 Å². The van der Waals surface area contributed by atoms with Gasteiger partial charge in [0, 0.05) is 42.4 Å². The first kappa shape index (κ1) is 24.7. The van der Waals surface area contributed by atoms with E-state index in [1.54, 1.807) is 60.5 Å². The van der Waals surface area contributed by atoms with Gasteiger partial charge in [0.2, 0.25) is 0 Å². The molecule has 2 heterocycles. The number of nitrogens with two attached hydrogens (primary N) is 2. The van der Waals surface area contributed by atoms with E-state index in [-0.39, 0.29) is 30.7 Å². The Bertz CT molecular complexity index is 1330. The van der Waals surface area contributed by atoms with Gasteiger partial charge >= 0.3 is 0 Å². The van der Waals surface area contributed by atoms with E-state index < -0.39 is 0 Å². The molecule has 0 bridgehead atoms. The molecule has 0 unspecified atom stereocenters. The summed E-state index contributed by atoms with van der Waals surface area (Å²) in [4.78, 5) is 40.4. The number of hydrogen-bond donors (Lipinski definition) is 3. The van der Waals surface area contributed by atoms with Crippen LogP contribution in [-0.4, -0.2) is 38.8 Å². The summed E-state index contributed by atoms with van der Waals surface area (Å²) in [5, 5.41) is 4.17. The lowest BCUT2D eigenvalue weighted by molar-refractivity contribution is -0.187. The van der Waals surface area contributed by atoms with Crippen molar-refractivity contribution >= 4 is 40.9 Å². The van der Waals surface area contributed by atoms with E-state index in [0.29, 0.717) is 40.4 Å². The summed E-state index contributed by atoms with van der Waals surface area (Å²) in [6, 6.07) is 12.4. The van der Waals surface area contributed by atoms with E-state index in [2.05, 4.69) is 15.3 Å². The smallest absolute Gasteiger partial charge is 0.273 e. The largest absolute Gasteiger partial charge is 0.399 e. The molecule has 10 nitrogen and oxygen atoms in total. The van der Waals surface area contributed by atoms with Crippen LogP contribution in [0.4, 0.5) is 17.2 Å². The molecule has 1 aromatic heterocycles. The van der Waals surface area contributed by atoms with Crippen molar-refractivity contribution in [3.63, 3.8) is 0 Å². The van der Waals surface area contributed by atoms with E-state index in [4.69, 9.17) is 16.3 Å². The molecular formula is C26H29N7O3. The number of fused-ring (bicyclic) bond motifs is 1. The standard InChI is InChI=1S/C26H29N7O3/c1-3-10-33(36-15-17-4-8-21(27)9-5-17)26(35)20-11-18-6-7-19(12-22(18)30-23(28)13-20)25(34)31-24-14-29-16-32(24)2/h4-9,11-12,14,16H,3,10,13,15,27H2,1-2H3,(H2,28,30)(H,31,34). The molecule has 10 heteroatoms. The Morgan fingerprint density at radius 1 is 1.17 bits per heavy atom. The average molecular weight is 488 g/mol. The third kappa shape index (κ3) is 5.78. The van der Waals surface area contributed by atoms with Crippen LogP contribution in [0.1, 0.15) is 41.3 Å². The maximum atomic E-state index is 13.4. The van der Waals surface area contributed by atoms with Crippen LogP contribution in [0.2, 0.25) is 0 Å². The summed E-state index contributed by atoms with van der Waals surface area (Å²) >= 11 is 0. The minimum atomic E-state index is -0.301. The summed E-state index contributed by atoms with van der Waals surface area (Å²) in [6.07, 6.45) is 5.79. The Kier molecular flexibility index (Phi) is 7.45. The van der Waals surface area contributed by atoms with Gasteiger partial charge in [0.25, 0.3) is 11.8 Å². The summed E-state index contributed by atoms with van der Waals surface area (Å²) in [7, 11) is 1.79. The highest BCUT2D eigenvalue weighted by molar-refractivity contribution is 6.07. The lowest BCUT2D eigenvalue weighted by Crippen LogP contribution is -2.34. The maximum absolute atomic E-state index is 13.4. The number of carbonyl (C=O) groups excluding carboxylic acids is 2. The monoisotopic (exact) mass is 487 g/mol. The second-order valence-corrected chi connectivity index (χ2v) is 8.49. The number of aromatic nitrogens is 2. The topological polar surface area (TPSA) is 141 Å². The number of amidine groups is 1. The normalized spacial score (nSPS) is 12.7. The second-order valence-electron chi connectivity index (χ2n) is 8.49. The predicted molar refractivity (Wildman–Crippen MR) is 139 cm³/mol. The zero-order valence-electron chi connectivity index (χ0n) is 20.3. The van der Waals surface area contributed by atoms with E-state index in [9.17, 15) is 9.59 Å². The Labute approximate surface area is 209 Å². The number of anilines is 2. The van der Waals surface area contributed by atoms with Crippen LogP contribution in [0.15, 0.2) is 65.6 Å². The molecule has 186 valence electrons. The fourth-order valence-electron chi connectivity index (χ4n) is 3.69. The third-order valence-corrected chi connectivity index (χ3v) is 5.61. The molecule has 0 saturated carbocycles. The molecule has 4 rings (SSSR count). The number of hydroxylamine groups is 2. The molecule has 2 aromatic carbocycles. The first-order chi connectivity index (χ1) is 17.3. The van der Waals surface area contributed by atoms with Crippen molar-refractivity contribution in [1.82, 2.24) is 14.6 Å². The number of aliphatic imine (C=N–C) groups is 1. The van der Waals surface area contributed by atoms with E-state index in [1.165, 1.54) is 5.06 Å². The summed E-state index contributed by atoms with van der Waals surface area (Å²) in [5.41, 5.74) is 15.5. The molecule has 0 radical (unpaired) electrons. The van der Waals surface area contributed by atoms with Gasteiger partial charge < -0.3 is 21.4 Å². The predicted octanol–water partition coefficient (Wildman–Crippen LogP) is 3.40. The minimum Gasteiger partial charge on any atom is -0.399 e. The Balaban J connectivity index is 1.54. The number of imidazole rings is 1. The van der Waals surface area contributed by atoms with Crippen LogP contribution < -0.4 is 16.8 Å². The van der Waals surface area contributed by atoms with Crippen LogP contribution in [0.25, 0.3) is 6.08 Å². The summed E-state index contributed by atoms with van der Waals surface area (Å²) in [5.74, 6) is 0.259.